The van der Waals surface area contributed by atoms with E-state index in [-0.39, 0.29) is 23.5 Å². The van der Waals surface area contributed by atoms with E-state index in [1.807, 2.05) is 31.2 Å². The monoisotopic (exact) mass is 437 g/mol. The second-order valence-corrected chi connectivity index (χ2v) is 7.63. The summed E-state index contributed by atoms with van der Waals surface area (Å²) in [7, 11) is 0. The zero-order valence-electron chi connectivity index (χ0n) is 18.3. The van der Waals surface area contributed by atoms with Crippen molar-refractivity contribution in [1.29, 1.82) is 0 Å². The lowest BCUT2D eigenvalue weighted by Gasteiger charge is -2.15. The van der Waals surface area contributed by atoms with Crippen LogP contribution in [-0.2, 0) is 14.3 Å². The molecule has 0 saturated carbocycles. The average molecular weight is 437 g/mol. The Bertz CT molecular complexity index is 1010. The Hall–Kier alpha value is -3.52. The van der Waals surface area contributed by atoms with Crippen LogP contribution in [0.3, 0.4) is 0 Å². The van der Waals surface area contributed by atoms with E-state index >= 15 is 0 Å². The van der Waals surface area contributed by atoms with Crippen LogP contribution < -0.4 is 5.32 Å². The summed E-state index contributed by atoms with van der Waals surface area (Å²) in [5, 5.41) is 14.1. The van der Waals surface area contributed by atoms with Crippen LogP contribution in [0.25, 0.3) is 5.57 Å². The van der Waals surface area contributed by atoms with Gasteiger partial charge in [0.15, 0.2) is 0 Å². The molecule has 1 N–H and O–H groups in total. The summed E-state index contributed by atoms with van der Waals surface area (Å²) in [5.41, 5.74) is 2.48. The third-order valence-corrected chi connectivity index (χ3v) is 5.17. The van der Waals surface area contributed by atoms with E-state index in [4.69, 9.17) is 4.74 Å². The van der Waals surface area contributed by atoms with Gasteiger partial charge in [0.05, 0.1) is 10.5 Å². The topological polar surface area (TPSA) is 102 Å². The lowest BCUT2D eigenvalue weighted by molar-refractivity contribution is -0.384. The average Bonchev–Trinajstić information content (AvgIpc) is 3.01. The molecule has 0 radical (unpaired) electrons. The molecule has 2 aromatic carbocycles. The second kappa shape index (κ2) is 10.7. The number of imide groups is 1. The van der Waals surface area contributed by atoms with Crippen LogP contribution in [0.1, 0.15) is 37.3 Å². The van der Waals surface area contributed by atoms with E-state index in [9.17, 15) is 19.7 Å². The zero-order chi connectivity index (χ0) is 23.1. The maximum Gasteiger partial charge on any atom is 0.278 e. The van der Waals surface area contributed by atoms with Crippen molar-refractivity contribution in [1.82, 2.24) is 4.90 Å². The number of non-ortho nitro benzene ring substituents is 1. The molecule has 32 heavy (non-hydrogen) atoms. The van der Waals surface area contributed by atoms with Gasteiger partial charge in [-0.2, -0.15) is 0 Å². The number of carbonyl (C=O) groups excluding carboxylic acids is 2. The normalized spacial score (nSPS) is 13.8. The van der Waals surface area contributed by atoms with Crippen molar-refractivity contribution in [3.05, 3.63) is 75.5 Å². The quantitative estimate of drug-likeness (QED) is 0.243. The van der Waals surface area contributed by atoms with Crippen molar-refractivity contribution in [2.75, 3.05) is 25.1 Å². The Kier molecular flexibility index (Phi) is 7.72. The van der Waals surface area contributed by atoms with E-state index in [0.29, 0.717) is 30.9 Å². The Morgan fingerprint density at radius 2 is 1.62 bits per heavy atom. The molecule has 0 spiro atoms. The van der Waals surface area contributed by atoms with Crippen LogP contribution in [-0.4, -0.2) is 41.4 Å². The fourth-order valence-corrected chi connectivity index (χ4v) is 3.37. The van der Waals surface area contributed by atoms with Crippen LogP contribution in [0.2, 0.25) is 0 Å². The van der Waals surface area contributed by atoms with Gasteiger partial charge in [-0.1, -0.05) is 31.0 Å². The Morgan fingerprint density at radius 3 is 2.25 bits per heavy atom. The van der Waals surface area contributed by atoms with Crippen molar-refractivity contribution in [2.24, 2.45) is 0 Å². The molecular formula is C24H27N3O5. The van der Waals surface area contributed by atoms with Gasteiger partial charge in [-0.15, -0.1) is 0 Å². The minimum atomic E-state index is -0.504. The maximum atomic E-state index is 13.2. The molecule has 0 bridgehead atoms. The molecule has 3 rings (SSSR count). The molecule has 0 unspecified atom stereocenters. The minimum Gasteiger partial charge on any atom is -0.381 e. The summed E-state index contributed by atoms with van der Waals surface area (Å²) in [6.45, 7) is 5.40. The van der Waals surface area contributed by atoms with E-state index in [2.05, 4.69) is 12.2 Å². The number of rotatable bonds is 11. The predicted molar refractivity (Wildman–Crippen MR) is 122 cm³/mol. The van der Waals surface area contributed by atoms with E-state index in [1.165, 1.54) is 29.2 Å². The van der Waals surface area contributed by atoms with Crippen molar-refractivity contribution in [2.45, 2.75) is 33.1 Å². The molecule has 1 aliphatic rings. The minimum absolute atomic E-state index is 0.0831. The third-order valence-electron chi connectivity index (χ3n) is 5.17. The number of benzene rings is 2. The molecule has 168 valence electrons. The second-order valence-electron chi connectivity index (χ2n) is 7.63. The number of hydrogen-bond donors (Lipinski definition) is 1. The Morgan fingerprint density at radius 1 is 0.969 bits per heavy atom. The summed E-state index contributed by atoms with van der Waals surface area (Å²) in [6, 6.07) is 13.1. The summed E-state index contributed by atoms with van der Waals surface area (Å²) >= 11 is 0. The predicted octanol–water partition coefficient (Wildman–Crippen LogP) is 4.30. The fraction of sp³-hybridized carbons (Fsp3) is 0.333. The summed E-state index contributed by atoms with van der Waals surface area (Å²) in [6.07, 6.45) is 2.55. The number of nitrogens with zero attached hydrogens (tertiary/aromatic N) is 2. The number of ether oxygens (including phenoxy) is 1. The van der Waals surface area contributed by atoms with Crippen LogP contribution >= 0.6 is 0 Å². The first-order chi connectivity index (χ1) is 15.4. The van der Waals surface area contributed by atoms with Gasteiger partial charge in [-0.05, 0) is 49.6 Å². The van der Waals surface area contributed by atoms with E-state index in [0.717, 1.165) is 18.4 Å². The number of anilines is 1. The molecule has 8 heteroatoms. The molecule has 2 amide bonds. The highest BCUT2D eigenvalue weighted by Crippen LogP contribution is 2.31. The van der Waals surface area contributed by atoms with Crippen molar-refractivity contribution in [3.63, 3.8) is 0 Å². The summed E-state index contributed by atoms with van der Waals surface area (Å²) in [4.78, 5) is 38.0. The van der Waals surface area contributed by atoms with Gasteiger partial charge in [0, 0.05) is 37.6 Å². The summed E-state index contributed by atoms with van der Waals surface area (Å²) in [5.74, 6) is -0.843. The van der Waals surface area contributed by atoms with Crippen molar-refractivity contribution >= 4 is 28.8 Å². The molecule has 0 saturated heterocycles. The Balaban J connectivity index is 1.84. The highest BCUT2D eigenvalue weighted by atomic mass is 16.6. The smallest absolute Gasteiger partial charge is 0.278 e. The van der Waals surface area contributed by atoms with E-state index < -0.39 is 16.7 Å². The molecule has 8 nitrogen and oxygen atoms in total. The molecular weight excluding hydrogens is 410 g/mol. The number of aryl methyl sites for hydroxylation is 1. The number of unbranched alkanes of at least 4 members (excludes halogenated alkanes) is 1. The first-order valence-electron chi connectivity index (χ1n) is 10.7. The number of nitrogens with one attached hydrogen (secondary N) is 1. The molecule has 0 fully saturated rings. The molecule has 0 aliphatic carbocycles. The Labute approximate surface area is 187 Å². The molecule has 1 aliphatic heterocycles. The van der Waals surface area contributed by atoms with Crippen LogP contribution in [0, 0.1) is 17.0 Å². The SMILES string of the molecule is CCCCOCCCN1C(=O)C(Nc2ccc(C)cc2)=C(c2ccc([N+](=O)[O-])cc2)C1=O. The first-order valence-corrected chi connectivity index (χ1v) is 10.7. The van der Waals surface area contributed by atoms with Gasteiger partial charge >= 0.3 is 0 Å². The number of amides is 2. The van der Waals surface area contributed by atoms with Gasteiger partial charge in [-0.25, -0.2) is 0 Å². The highest BCUT2D eigenvalue weighted by Gasteiger charge is 2.39. The lowest BCUT2D eigenvalue weighted by Crippen LogP contribution is -2.34. The summed E-state index contributed by atoms with van der Waals surface area (Å²) < 4.78 is 5.54. The van der Waals surface area contributed by atoms with Gasteiger partial charge in [0.2, 0.25) is 0 Å². The molecule has 2 aromatic rings. The van der Waals surface area contributed by atoms with E-state index in [1.54, 1.807) is 0 Å². The van der Waals surface area contributed by atoms with Gasteiger partial charge in [0.25, 0.3) is 17.5 Å². The van der Waals surface area contributed by atoms with Crippen molar-refractivity contribution < 1.29 is 19.2 Å². The number of hydrogen-bond acceptors (Lipinski definition) is 6. The van der Waals surface area contributed by atoms with Crippen molar-refractivity contribution in [3.8, 4) is 0 Å². The van der Waals surface area contributed by atoms with Crippen LogP contribution in [0.15, 0.2) is 54.2 Å². The highest BCUT2D eigenvalue weighted by molar-refractivity contribution is 6.36. The standard InChI is InChI=1S/C24H27N3O5/c1-3-4-15-32-16-5-14-26-23(28)21(18-8-12-20(13-9-18)27(30)31)22(24(26)29)25-19-10-6-17(2)7-11-19/h6-13,25H,3-5,14-16H2,1-2H3. The van der Waals surface area contributed by atoms with Crippen LogP contribution in [0.5, 0.6) is 0 Å². The number of carbonyl (C=O) groups is 2. The molecule has 0 atom stereocenters. The third kappa shape index (κ3) is 5.39. The lowest BCUT2D eigenvalue weighted by atomic mass is 10.0. The molecule has 0 aromatic heterocycles. The number of nitro groups is 1. The van der Waals surface area contributed by atoms with Gasteiger partial charge in [-0.3, -0.25) is 24.6 Å². The van der Waals surface area contributed by atoms with Gasteiger partial charge < -0.3 is 10.1 Å². The van der Waals surface area contributed by atoms with Gasteiger partial charge in [0.1, 0.15) is 5.70 Å². The zero-order valence-corrected chi connectivity index (χ0v) is 18.3. The largest absolute Gasteiger partial charge is 0.381 e. The van der Waals surface area contributed by atoms with Crippen LogP contribution in [0.4, 0.5) is 11.4 Å². The molecule has 1 heterocycles. The maximum absolute atomic E-state index is 13.2. The fourth-order valence-electron chi connectivity index (χ4n) is 3.37. The number of nitro benzene ring substituents is 1. The first kappa shape index (κ1) is 23.1.